The first-order chi connectivity index (χ1) is 6.81. The van der Waals surface area contributed by atoms with E-state index in [-0.39, 0.29) is 18.4 Å². The molecule has 0 radical (unpaired) electrons. The lowest BCUT2D eigenvalue weighted by Crippen LogP contribution is -2.28. The summed E-state index contributed by atoms with van der Waals surface area (Å²) in [5.74, 6) is 0.375. The first-order valence-corrected chi connectivity index (χ1v) is 5.68. The summed E-state index contributed by atoms with van der Waals surface area (Å²) in [6.07, 6.45) is 0.923. The number of amides is 1. The van der Waals surface area contributed by atoms with E-state index in [1.165, 1.54) is 11.3 Å². The molecule has 3 nitrogen and oxygen atoms in total. The summed E-state index contributed by atoms with van der Waals surface area (Å²) in [6.45, 7) is 1.67. The molecular formula is C10H13NO2S. The van der Waals surface area contributed by atoms with Gasteiger partial charge in [-0.15, -0.1) is 0 Å². The van der Waals surface area contributed by atoms with E-state index in [1.807, 2.05) is 21.7 Å². The van der Waals surface area contributed by atoms with Gasteiger partial charge < -0.3 is 10.0 Å². The second kappa shape index (κ2) is 4.11. The van der Waals surface area contributed by atoms with E-state index >= 15 is 0 Å². The zero-order valence-electron chi connectivity index (χ0n) is 7.85. The molecule has 1 aromatic heterocycles. The second-order valence-electron chi connectivity index (χ2n) is 3.60. The van der Waals surface area contributed by atoms with Crippen molar-refractivity contribution in [2.45, 2.75) is 6.42 Å². The number of aliphatic hydroxyl groups excluding tert-OH is 1. The Balaban J connectivity index is 2.00. The van der Waals surface area contributed by atoms with Gasteiger partial charge in [0.2, 0.25) is 0 Å². The number of likely N-dealkylation sites (tertiary alicyclic amines) is 1. The molecule has 2 rings (SSSR count). The highest BCUT2D eigenvalue weighted by molar-refractivity contribution is 7.08. The summed E-state index contributed by atoms with van der Waals surface area (Å²) in [5, 5.41) is 12.7. The van der Waals surface area contributed by atoms with Crippen LogP contribution in [0, 0.1) is 5.92 Å². The van der Waals surface area contributed by atoms with Gasteiger partial charge in [0.15, 0.2) is 0 Å². The Labute approximate surface area is 87.0 Å². The summed E-state index contributed by atoms with van der Waals surface area (Å²) < 4.78 is 0. The van der Waals surface area contributed by atoms with Crippen molar-refractivity contribution in [2.24, 2.45) is 5.92 Å². The molecule has 14 heavy (non-hydrogen) atoms. The van der Waals surface area contributed by atoms with Gasteiger partial charge in [-0.25, -0.2) is 0 Å². The van der Waals surface area contributed by atoms with Crippen molar-refractivity contribution in [2.75, 3.05) is 19.7 Å². The van der Waals surface area contributed by atoms with E-state index in [2.05, 4.69) is 0 Å². The molecule has 1 aromatic rings. The molecule has 0 saturated carbocycles. The van der Waals surface area contributed by atoms with Crippen molar-refractivity contribution >= 4 is 17.2 Å². The maximum Gasteiger partial charge on any atom is 0.254 e. The van der Waals surface area contributed by atoms with Crippen LogP contribution in [0.4, 0.5) is 0 Å². The highest BCUT2D eigenvalue weighted by atomic mass is 32.1. The molecule has 4 heteroatoms. The summed E-state index contributed by atoms with van der Waals surface area (Å²) in [7, 11) is 0. The monoisotopic (exact) mass is 211 g/mol. The Hall–Kier alpha value is -0.870. The molecule has 1 aliphatic rings. The van der Waals surface area contributed by atoms with Crippen LogP contribution in [-0.2, 0) is 0 Å². The quantitative estimate of drug-likeness (QED) is 0.798. The Morgan fingerprint density at radius 2 is 2.57 bits per heavy atom. The lowest BCUT2D eigenvalue weighted by Gasteiger charge is -2.14. The third-order valence-corrected chi connectivity index (χ3v) is 3.28. The summed E-state index contributed by atoms with van der Waals surface area (Å²) in [5.41, 5.74) is 0.772. The van der Waals surface area contributed by atoms with E-state index < -0.39 is 0 Å². The van der Waals surface area contributed by atoms with Gasteiger partial charge >= 0.3 is 0 Å². The molecule has 1 aliphatic heterocycles. The van der Waals surface area contributed by atoms with Gasteiger partial charge in [0.05, 0.1) is 5.56 Å². The number of carbonyl (C=O) groups excluding carboxylic acids is 1. The van der Waals surface area contributed by atoms with E-state index in [0.717, 1.165) is 18.5 Å². The van der Waals surface area contributed by atoms with Gasteiger partial charge in [0.25, 0.3) is 5.91 Å². The van der Waals surface area contributed by atoms with Crippen LogP contribution in [0.5, 0.6) is 0 Å². The predicted octanol–water partition coefficient (Wildman–Crippen LogP) is 1.20. The van der Waals surface area contributed by atoms with E-state index in [4.69, 9.17) is 5.11 Å². The lowest BCUT2D eigenvalue weighted by molar-refractivity contribution is 0.0782. The molecule has 1 saturated heterocycles. The average molecular weight is 211 g/mol. The fourth-order valence-electron chi connectivity index (χ4n) is 1.73. The second-order valence-corrected chi connectivity index (χ2v) is 4.38. The molecular weight excluding hydrogens is 198 g/mol. The van der Waals surface area contributed by atoms with Crippen LogP contribution in [0.3, 0.4) is 0 Å². The molecule has 1 fully saturated rings. The van der Waals surface area contributed by atoms with Crippen LogP contribution < -0.4 is 0 Å². The van der Waals surface area contributed by atoms with Crippen LogP contribution in [0.15, 0.2) is 16.8 Å². The van der Waals surface area contributed by atoms with Gasteiger partial charge in [-0.1, -0.05) is 0 Å². The maximum absolute atomic E-state index is 11.8. The Kier molecular flexibility index (Phi) is 2.84. The minimum atomic E-state index is 0.0993. The molecule has 0 aliphatic carbocycles. The molecule has 1 N–H and O–H groups in total. The Bertz CT molecular complexity index is 310. The number of carbonyl (C=O) groups is 1. The molecule has 2 heterocycles. The van der Waals surface area contributed by atoms with Gasteiger partial charge in [0, 0.05) is 31.0 Å². The first kappa shape index (κ1) is 9.68. The number of rotatable bonds is 2. The molecule has 0 bridgehead atoms. The lowest BCUT2D eigenvalue weighted by atomic mass is 10.1. The van der Waals surface area contributed by atoms with Gasteiger partial charge in [-0.2, -0.15) is 11.3 Å². The van der Waals surface area contributed by atoms with Gasteiger partial charge in [-0.05, 0) is 17.9 Å². The number of hydrogen-bond acceptors (Lipinski definition) is 3. The van der Waals surface area contributed by atoms with E-state index in [9.17, 15) is 4.79 Å². The van der Waals surface area contributed by atoms with Crippen molar-refractivity contribution in [3.05, 3.63) is 22.4 Å². The third kappa shape index (κ3) is 1.81. The normalized spacial score (nSPS) is 21.5. The fourth-order valence-corrected chi connectivity index (χ4v) is 2.36. The first-order valence-electron chi connectivity index (χ1n) is 4.73. The maximum atomic E-state index is 11.8. The molecule has 76 valence electrons. The van der Waals surface area contributed by atoms with Crippen molar-refractivity contribution in [1.29, 1.82) is 0 Å². The van der Waals surface area contributed by atoms with Crippen LogP contribution in [-0.4, -0.2) is 35.6 Å². The zero-order valence-corrected chi connectivity index (χ0v) is 8.67. The van der Waals surface area contributed by atoms with E-state index in [0.29, 0.717) is 6.54 Å². The molecule has 0 aromatic carbocycles. The minimum Gasteiger partial charge on any atom is -0.396 e. The van der Waals surface area contributed by atoms with Crippen molar-refractivity contribution < 1.29 is 9.90 Å². The van der Waals surface area contributed by atoms with Crippen LogP contribution in [0.1, 0.15) is 16.8 Å². The molecule has 0 spiro atoms. The third-order valence-electron chi connectivity index (χ3n) is 2.60. The Morgan fingerprint density at radius 3 is 3.14 bits per heavy atom. The van der Waals surface area contributed by atoms with Crippen LogP contribution in [0.2, 0.25) is 0 Å². The molecule has 0 unspecified atom stereocenters. The number of hydrogen-bond donors (Lipinski definition) is 1. The van der Waals surface area contributed by atoms with Crippen LogP contribution >= 0.6 is 11.3 Å². The molecule has 1 atom stereocenters. The highest BCUT2D eigenvalue weighted by Gasteiger charge is 2.26. The smallest absolute Gasteiger partial charge is 0.254 e. The van der Waals surface area contributed by atoms with Crippen molar-refractivity contribution in [1.82, 2.24) is 4.90 Å². The van der Waals surface area contributed by atoms with Crippen molar-refractivity contribution in [3.8, 4) is 0 Å². The molecule has 1 amide bonds. The SMILES string of the molecule is O=C(c1ccsc1)N1CC[C@H](CO)C1. The van der Waals surface area contributed by atoms with E-state index in [1.54, 1.807) is 0 Å². The standard InChI is InChI=1S/C10H13NO2S/c12-6-8-1-3-11(5-8)10(13)9-2-4-14-7-9/h2,4,7-8,12H,1,3,5-6H2/t8-/m0/s1. The number of thiophene rings is 1. The summed E-state index contributed by atoms with van der Waals surface area (Å²) in [6, 6.07) is 1.85. The fraction of sp³-hybridized carbons (Fsp3) is 0.500. The van der Waals surface area contributed by atoms with Gasteiger partial charge in [0.1, 0.15) is 0 Å². The number of aliphatic hydroxyl groups is 1. The number of nitrogens with zero attached hydrogens (tertiary/aromatic N) is 1. The minimum absolute atomic E-state index is 0.0993. The predicted molar refractivity (Wildman–Crippen MR) is 55.4 cm³/mol. The van der Waals surface area contributed by atoms with Crippen LogP contribution in [0.25, 0.3) is 0 Å². The highest BCUT2D eigenvalue weighted by Crippen LogP contribution is 2.19. The summed E-state index contributed by atoms with van der Waals surface area (Å²) in [4.78, 5) is 13.6. The largest absolute Gasteiger partial charge is 0.396 e. The van der Waals surface area contributed by atoms with Crippen molar-refractivity contribution in [3.63, 3.8) is 0 Å². The summed E-state index contributed by atoms with van der Waals surface area (Å²) >= 11 is 1.54. The Morgan fingerprint density at radius 1 is 1.71 bits per heavy atom. The average Bonchev–Trinajstić information content (AvgIpc) is 2.88. The van der Waals surface area contributed by atoms with Gasteiger partial charge in [-0.3, -0.25) is 4.79 Å². The topological polar surface area (TPSA) is 40.5 Å². The zero-order chi connectivity index (χ0) is 9.97.